The number of aryl methyl sites for hydroxylation is 2. The summed E-state index contributed by atoms with van der Waals surface area (Å²) in [5, 5.41) is 0. The van der Waals surface area contributed by atoms with E-state index in [-0.39, 0.29) is 16.0 Å². The molecule has 0 saturated heterocycles. The summed E-state index contributed by atoms with van der Waals surface area (Å²) >= 11 is 6.44. The van der Waals surface area contributed by atoms with Gasteiger partial charge in [0.05, 0.1) is 0 Å². The van der Waals surface area contributed by atoms with E-state index in [4.69, 9.17) is 0 Å². The second-order valence-electron chi connectivity index (χ2n) is 5.31. The molecule has 0 saturated carbocycles. The Hall–Kier alpha value is -0.814. The normalized spacial score (nSPS) is 9.50. The molecular weight excluding hydrogens is 438 g/mol. The van der Waals surface area contributed by atoms with Crippen molar-refractivity contribution in [1.29, 1.82) is 0 Å². The van der Waals surface area contributed by atoms with Gasteiger partial charge in [0.1, 0.15) is 0 Å². The van der Waals surface area contributed by atoms with Crippen LogP contribution >= 0.6 is 25.8 Å². The minimum absolute atomic E-state index is 0.0417. The Morgan fingerprint density at radius 2 is 1.08 bits per heavy atom. The first kappa shape index (κ1) is 19.5. The summed E-state index contributed by atoms with van der Waals surface area (Å²) in [4.78, 5) is 2.27. The predicted molar refractivity (Wildman–Crippen MR) is 113 cm³/mol. The molecule has 3 aromatic carbocycles. The molecule has 0 aliphatic rings. The summed E-state index contributed by atoms with van der Waals surface area (Å²) in [6.07, 6.45) is 0. The SMILES string of the molecule is Cc1[c]c(C)cc(N(c2ccccc2)c2ccccc2)c1.[Br][Mg][Br]. The van der Waals surface area contributed by atoms with Crippen molar-refractivity contribution in [3.63, 3.8) is 0 Å². The van der Waals surface area contributed by atoms with Crippen LogP contribution in [0.3, 0.4) is 0 Å². The Bertz CT molecular complexity index is 688. The van der Waals surface area contributed by atoms with Crippen LogP contribution in [0.2, 0.25) is 0 Å². The van der Waals surface area contributed by atoms with Gasteiger partial charge in [-0.1, -0.05) is 36.4 Å². The fourth-order valence-corrected chi connectivity index (χ4v) is 2.60. The predicted octanol–water partition coefficient (Wildman–Crippen LogP) is 6.88. The molecule has 0 amide bonds. The molecule has 1 nitrogen and oxygen atoms in total. The first-order valence-corrected chi connectivity index (χ1v) is 15.5. The number of nitrogens with zero attached hydrogens (tertiary/aromatic N) is 1. The Morgan fingerprint density at radius 3 is 1.46 bits per heavy atom. The Balaban J connectivity index is 0.000000647. The van der Waals surface area contributed by atoms with Crippen LogP contribution in [-0.2, 0) is 0 Å². The van der Waals surface area contributed by atoms with Crippen LogP contribution in [0.25, 0.3) is 0 Å². The standard InChI is InChI=1S/C20H18N.2BrH.Mg/c1-16-13-17(2)15-20(14-16)21(18-9-5-3-6-10-18)19-11-7-4-8-12-19;;;/h3-12,14-15H,1-2H3;2*1H;/q;;;+2/p-2. The number of anilines is 3. The van der Waals surface area contributed by atoms with Crippen molar-refractivity contribution in [3.05, 3.63) is 90.0 Å². The molecule has 0 N–H and O–H groups in total. The van der Waals surface area contributed by atoms with E-state index in [1.807, 2.05) is 12.1 Å². The van der Waals surface area contributed by atoms with E-state index in [9.17, 15) is 0 Å². The molecule has 3 aromatic rings. The molecule has 0 atom stereocenters. The van der Waals surface area contributed by atoms with Gasteiger partial charge in [-0.25, -0.2) is 0 Å². The minimum Gasteiger partial charge on any atom is -0.310 e. The first-order valence-electron chi connectivity index (χ1n) is 7.68. The van der Waals surface area contributed by atoms with Gasteiger partial charge in [-0.15, -0.1) is 0 Å². The Labute approximate surface area is 166 Å². The average Bonchev–Trinajstić information content (AvgIpc) is 2.57. The van der Waals surface area contributed by atoms with Crippen LogP contribution in [0.5, 0.6) is 0 Å². The maximum atomic E-state index is 3.34. The summed E-state index contributed by atoms with van der Waals surface area (Å²) in [6, 6.07) is 28.6. The van der Waals surface area contributed by atoms with Gasteiger partial charge in [-0.2, -0.15) is 0 Å². The number of hydrogen-bond donors (Lipinski definition) is 0. The van der Waals surface area contributed by atoms with Crippen LogP contribution in [-0.4, -0.2) is 16.0 Å². The van der Waals surface area contributed by atoms with E-state index in [1.165, 1.54) is 5.69 Å². The topological polar surface area (TPSA) is 3.24 Å². The van der Waals surface area contributed by atoms with E-state index in [0.29, 0.717) is 0 Å². The zero-order chi connectivity index (χ0) is 17.4. The number of rotatable bonds is 3. The van der Waals surface area contributed by atoms with Gasteiger partial charge in [0.25, 0.3) is 0 Å². The molecule has 0 unspecified atom stereocenters. The van der Waals surface area contributed by atoms with Gasteiger partial charge in [0.2, 0.25) is 0 Å². The zero-order valence-corrected chi connectivity index (χ0v) is 18.4. The van der Waals surface area contributed by atoms with E-state index < -0.39 is 0 Å². The molecule has 0 aromatic heterocycles. The summed E-state index contributed by atoms with van der Waals surface area (Å²) in [5.41, 5.74) is 5.80. The minimum atomic E-state index is 0.0417. The van der Waals surface area contributed by atoms with Crippen molar-refractivity contribution in [1.82, 2.24) is 0 Å². The average molecular weight is 456 g/mol. The largest absolute Gasteiger partial charge is 0.560 e. The van der Waals surface area contributed by atoms with Gasteiger partial charge in [-0.3, -0.25) is 25.8 Å². The molecule has 4 heteroatoms. The lowest BCUT2D eigenvalue weighted by atomic mass is 10.1. The highest BCUT2D eigenvalue weighted by Gasteiger charge is 2.12. The van der Waals surface area contributed by atoms with E-state index in [1.54, 1.807) is 0 Å². The number of para-hydroxylation sites is 2. The van der Waals surface area contributed by atoms with Crippen LogP contribution in [0.1, 0.15) is 11.1 Å². The molecule has 3 rings (SSSR count). The van der Waals surface area contributed by atoms with Gasteiger partial charge in [0, 0.05) is 17.1 Å². The molecule has 0 aliphatic carbocycles. The lowest BCUT2D eigenvalue weighted by Gasteiger charge is -2.26. The fourth-order valence-electron chi connectivity index (χ4n) is 2.60. The number of benzene rings is 3. The summed E-state index contributed by atoms with van der Waals surface area (Å²) in [6.45, 7) is 4.18. The van der Waals surface area contributed by atoms with Crippen molar-refractivity contribution >= 4 is 58.9 Å². The van der Waals surface area contributed by atoms with E-state index in [0.717, 1.165) is 22.5 Å². The van der Waals surface area contributed by atoms with Crippen molar-refractivity contribution in [3.8, 4) is 0 Å². The molecule has 119 valence electrons. The Kier molecular flexibility index (Phi) is 8.32. The number of hydrogen-bond acceptors (Lipinski definition) is 1. The van der Waals surface area contributed by atoms with Gasteiger partial charge in [-0.05, 0) is 67.4 Å². The van der Waals surface area contributed by atoms with E-state index in [2.05, 4.69) is 111 Å². The van der Waals surface area contributed by atoms with Crippen molar-refractivity contribution in [2.24, 2.45) is 0 Å². The fraction of sp³-hybridized carbons (Fsp3) is 0.100. The highest BCUT2D eigenvalue weighted by molar-refractivity contribution is 9.47. The van der Waals surface area contributed by atoms with Gasteiger partial charge >= 0.3 is 16.0 Å². The molecule has 1 radical (unpaired) electrons. The number of halogens is 2. The first-order chi connectivity index (χ1) is 11.7. The van der Waals surface area contributed by atoms with Crippen molar-refractivity contribution in [2.45, 2.75) is 13.8 Å². The van der Waals surface area contributed by atoms with Crippen LogP contribution < -0.4 is 4.90 Å². The molecule has 0 spiro atoms. The summed E-state index contributed by atoms with van der Waals surface area (Å²) in [7, 11) is 0. The third kappa shape index (κ3) is 5.62. The van der Waals surface area contributed by atoms with E-state index >= 15 is 0 Å². The molecule has 24 heavy (non-hydrogen) atoms. The van der Waals surface area contributed by atoms with Gasteiger partial charge in [0.15, 0.2) is 0 Å². The quantitative estimate of drug-likeness (QED) is 0.388. The van der Waals surface area contributed by atoms with Crippen molar-refractivity contribution < 1.29 is 0 Å². The summed E-state index contributed by atoms with van der Waals surface area (Å²) < 4.78 is 0. The highest BCUT2D eigenvalue weighted by atomic mass is 79.9. The second-order valence-corrected chi connectivity index (χ2v) is 13.4. The highest BCUT2D eigenvalue weighted by Crippen LogP contribution is 2.34. The third-order valence-electron chi connectivity index (χ3n) is 3.41. The Morgan fingerprint density at radius 1 is 0.708 bits per heavy atom. The molecule has 0 bridgehead atoms. The molecule has 0 fully saturated rings. The molecule has 0 heterocycles. The lowest BCUT2D eigenvalue weighted by Crippen LogP contribution is -2.10. The lowest BCUT2D eigenvalue weighted by molar-refractivity contribution is 1.25. The summed E-state index contributed by atoms with van der Waals surface area (Å²) in [5.74, 6) is 0. The maximum absolute atomic E-state index is 3.34. The van der Waals surface area contributed by atoms with Crippen LogP contribution in [0.15, 0.2) is 72.8 Å². The van der Waals surface area contributed by atoms with Crippen LogP contribution in [0.4, 0.5) is 17.1 Å². The van der Waals surface area contributed by atoms with Crippen LogP contribution in [0, 0.1) is 19.9 Å². The maximum Gasteiger partial charge on any atom is 0.560 e. The van der Waals surface area contributed by atoms with Crippen molar-refractivity contribution in [2.75, 3.05) is 4.90 Å². The van der Waals surface area contributed by atoms with Gasteiger partial charge < -0.3 is 4.90 Å². The second kappa shape index (κ2) is 10.2. The molecular formula is C20H18Br2MgN. The third-order valence-corrected chi connectivity index (χ3v) is 3.41. The zero-order valence-electron chi connectivity index (χ0n) is 13.8. The monoisotopic (exact) mass is 454 g/mol. The molecule has 0 aliphatic heterocycles. The smallest absolute Gasteiger partial charge is 0.310 e.